The summed E-state index contributed by atoms with van der Waals surface area (Å²) in [6.07, 6.45) is -2.01. The van der Waals surface area contributed by atoms with Crippen molar-refractivity contribution in [1.82, 2.24) is 0 Å². The van der Waals surface area contributed by atoms with Gasteiger partial charge in [-0.05, 0) is 11.1 Å². The third-order valence-electron chi connectivity index (χ3n) is 3.89. The van der Waals surface area contributed by atoms with Gasteiger partial charge in [0.2, 0.25) is 0 Å². The Balaban J connectivity index is 1.77. The van der Waals surface area contributed by atoms with E-state index in [0.717, 1.165) is 11.1 Å². The van der Waals surface area contributed by atoms with Crippen LogP contribution >= 0.6 is 0 Å². The number of hydrogen-bond acceptors (Lipinski definition) is 6. The fourth-order valence-corrected chi connectivity index (χ4v) is 2.59. The van der Waals surface area contributed by atoms with E-state index in [1.165, 1.54) is 7.11 Å². The number of aliphatic hydroxyl groups excluding tert-OH is 1. The van der Waals surface area contributed by atoms with Crippen LogP contribution in [0.5, 0.6) is 0 Å². The van der Waals surface area contributed by atoms with Gasteiger partial charge in [0, 0.05) is 0 Å². The van der Waals surface area contributed by atoms with Crippen molar-refractivity contribution >= 4 is 12.1 Å². The van der Waals surface area contributed by atoms with Crippen LogP contribution in [0.2, 0.25) is 0 Å². The lowest BCUT2D eigenvalue weighted by atomic mass is 9.99. The number of carbonyl (C=O) groups is 1. The van der Waals surface area contributed by atoms with Crippen LogP contribution in [0.4, 0.5) is 0 Å². The van der Waals surface area contributed by atoms with Crippen molar-refractivity contribution in [3.05, 3.63) is 71.8 Å². The summed E-state index contributed by atoms with van der Waals surface area (Å²) < 4.78 is 16.0. The molecule has 0 bridgehead atoms. The molecule has 0 radical (unpaired) electrons. The zero-order valence-electron chi connectivity index (χ0n) is 13.7. The maximum atomic E-state index is 11.7. The number of esters is 1. The van der Waals surface area contributed by atoms with Gasteiger partial charge in [0.1, 0.15) is 12.6 Å². The molecule has 0 spiro atoms. The molecule has 25 heavy (non-hydrogen) atoms. The van der Waals surface area contributed by atoms with Crippen molar-refractivity contribution in [2.45, 2.75) is 24.9 Å². The van der Waals surface area contributed by atoms with Crippen LogP contribution in [0.3, 0.4) is 0 Å². The van der Waals surface area contributed by atoms with Gasteiger partial charge in [-0.3, -0.25) is 0 Å². The first-order valence-corrected chi connectivity index (χ1v) is 7.91. The number of carbonyl (C=O) groups excluding carboxylic acids is 1. The molecule has 3 rings (SSSR count). The summed E-state index contributed by atoms with van der Waals surface area (Å²) in [4.78, 5) is 16.0. The van der Waals surface area contributed by atoms with Crippen molar-refractivity contribution < 1.29 is 24.1 Å². The number of aliphatic hydroxyl groups is 1. The zero-order chi connectivity index (χ0) is 17.6. The number of nitrogens with zero attached hydrogens (tertiary/aromatic N) is 1. The van der Waals surface area contributed by atoms with E-state index in [9.17, 15) is 9.90 Å². The standard InChI is InChI=1S/C19H19NO5/c1-23-18(22)16(21)15-17(14-10-6-3-7-11-14)25-19(20-15)24-12-13-8-4-2-5-9-13/h2-11,15-17,21H,12H2,1H3/t15-,16+,17+/m0/s1. The minimum absolute atomic E-state index is 0.0469. The topological polar surface area (TPSA) is 77.4 Å². The Morgan fingerprint density at radius 3 is 2.44 bits per heavy atom. The summed E-state index contributed by atoms with van der Waals surface area (Å²) in [7, 11) is 1.22. The third-order valence-corrected chi connectivity index (χ3v) is 3.89. The molecule has 0 fully saturated rings. The molecule has 0 saturated carbocycles. The molecule has 3 atom stereocenters. The summed E-state index contributed by atoms with van der Waals surface area (Å²) >= 11 is 0. The van der Waals surface area contributed by atoms with E-state index in [-0.39, 0.29) is 12.7 Å². The van der Waals surface area contributed by atoms with E-state index in [1.54, 1.807) is 0 Å². The lowest BCUT2D eigenvalue weighted by molar-refractivity contribution is -0.152. The fourth-order valence-electron chi connectivity index (χ4n) is 2.59. The second-order valence-corrected chi connectivity index (χ2v) is 5.58. The second-order valence-electron chi connectivity index (χ2n) is 5.58. The average Bonchev–Trinajstić information content (AvgIpc) is 3.11. The largest absolute Gasteiger partial charge is 0.467 e. The molecule has 130 valence electrons. The van der Waals surface area contributed by atoms with Crippen molar-refractivity contribution in [3.63, 3.8) is 0 Å². The van der Waals surface area contributed by atoms with Crippen LogP contribution in [0.15, 0.2) is 65.7 Å². The molecule has 1 aliphatic rings. The van der Waals surface area contributed by atoms with Gasteiger partial charge in [-0.25, -0.2) is 9.79 Å². The summed E-state index contributed by atoms with van der Waals surface area (Å²) in [5, 5.41) is 10.2. The number of methoxy groups -OCH3 is 1. The van der Waals surface area contributed by atoms with Gasteiger partial charge in [0.05, 0.1) is 7.11 Å². The van der Waals surface area contributed by atoms with Crippen LogP contribution in [0.25, 0.3) is 0 Å². The molecule has 1 aliphatic heterocycles. The Hall–Kier alpha value is -2.86. The molecule has 0 unspecified atom stereocenters. The summed E-state index contributed by atoms with van der Waals surface area (Å²) in [5.41, 5.74) is 1.75. The first kappa shape index (κ1) is 17.0. The molecule has 0 aliphatic carbocycles. The normalized spacial score (nSPS) is 20.3. The highest BCUT2D eigenvalue weighted by molar-refractivity contribution is 5.77. The van der Waals surface area contributed by atoms with Gasteiger partial charge in [0.25, 0.3) is 0 Å². The van der Waals surface area contributed by atoms with E-state index >= 15 is 0 Å². The molecule has 2 aromatic carbocycles. The van der Waals surface area contributed by atoms with Crippen molar-refractivity contribution in [2.24, 2.45) is 4.99 Å². The Morgan fingerprint density at radius 1 is 1.16 bits per heavy atom. The van der Waals surface area contributed by atoms with Gasteiger partial charge < -0.3 is 19.3 Å². The van der Waals surface area contributed by atoms with Crippen molar-refractivity contribution in [3.8, 4) is 0 Å². The highest BCUT2D eigenvalue weighted by Crippen LogP contribution is 2.32. The van der Waals surface area contributed by atoms with E-state index in [4.69, 9.17) is 9.47 Å². The third kappa shape index (κ3) is 3.97. The van der Waals surface area contributed by atoms with Crippen LogP contribution < -0.4 is 0 Å². The monoisotopic (exact) mass is 341 g/mol. The Kier molecular flexibility index (Phi) is 5.30. The molecule has 6 nitrogen and oxygen atoms in total. The highest BCUT2D eigenvalue weighted by Gasteiger charge is 2.42. The van der Waals surface area contributed by atoms with Crippen molar-refractivity contribution in [2.75, 3.05) is 7.11 Å². The minimum atomic E-state index is -1.44. The van der Waals surface area contributed by atoms with Gasteiger partial charge in [-0.15, -0.1) is 0 Å². The molecule has 0 saturated heterocycles. The first-order valence-electron chi connectivity index (χ1n) is 7.91. The zero-order valence-corrected chi connectivity index (χ0v) is 13.7. The molecule has 1 heterocycles. The predicted octanol–water partition coefficient (Wildman–Crippen LogP) is 2.23. The van der Waals surface area contributed by atoms with E-state index in [2.05, 4.69) is 9.73 Å². The number of hydrogen-bond donors (Lipinski definition) is 1. The maximum Gasteiger partial charge on any atom is 0.385 e. The summed E-state index contributed by atoms with van der Waals surface area (Å²) in [6.45, 7) is 0.280. The first-order chi connectivity index (χ1) is 12.2. The summed E-state index contributed by atoms with van der Waals surface area (Å²) in [5.74, 6) is -0.761. The number of benzene rings is 2. The van der Waals surface area contributed by atoms with Crippen LogP contribution in [0, 0.1) is 0 Å². The number of ether oxygens (including phenoxy) is 3. The minimum Gasteiger partial charge on any atom is -0.467 e. The Morgan fingerprint density at radius 2 is 1.80 bits per heavy atom. The van der Waals surface area contributed by atoms with E-state index in [1.807, 2.05) is 60.7 Å². The highest BCUT2D eigenvalue weighted by atomic mass is 16.7. The van der Waals surface area contributed by atoms with Crippen molar-refractivity contribution in [1.29, 1.82) is 0 Å². The lowest BCUT2D eigenvalue weighted by Gasteiger charge is -2.20. The molecule has 0 aromatic heterocycles. The molecule has 6 heteroatoms. The Bertz CT molecular complexity index is 732. The maximum absolute atomic E-state index is 11.7. The smallest absolute Gasteiger partial charge is 0.385 e. The summed E-state index contributed by atoms with van der Waals surface area (Å²) in [6, 6.07) is 18.0. The number of rotatable bonds is 5. The van der Waals surface area contributed by atoms with Gasteiger partial charge in [-0.1, -0.05) is 60.7 Å². The quantitative estimate of drug-likeness (QED) is 0.844. The molecule has 2 aromatic rings. The average molecular weight is 341 g/mol. The molecular weight excluding hydrogens is 322 g/mol. The van der Waals surface area contributed by atoms with Crippen LogP contribution in [0.1, 0.15) is 17.2 Å². The predicted molar refractivity (Wildman–Crippen MR) is 90.7 cm³/mol. The SMILES string of the molecule is COC(=O)[C@H](O)[C@@H]1N=C(OCc2ccccc2)O[C@@H]1c1ccccc1. The van der Waals surface area contributed by atoms with Crippen LogP contribution in [-0.4, -0.2) is 36.4 Å². The van der Waals surface area contributed by atoms with E-state index in [0.29, 0.717) is 0 Å². The Labute approximate surface area is 145 Å². The van der Waals surface area contributed by atoms with E-state index < -0.39 is 24.2 Å². The molecular formula is C19H19NO5. The number of aliphatic imine (C=N–C) groups is 1. The van der Waals surface area contributed by atoms with Crippen LogP contribution in [-0.2, 0) is 25.6 Å². The lowest BCUT2D eigenvalue weighted by Crippen LogP contribution is -2.36. The molecule has 0 amide bonds. The molecule has 1 N–H and O–H groups in total. The van der Waals surface area contributed by atoms with Gasteiger partial charge >= 0.3 is 12.1 Å². The van der Waals surface area contributed by atoms with Gasteiger partial charge in [-0.2, -0.15) is 0 Å². The second kappa shape index (κ2) is 7.81. The fraction of sp³-hybridized carbons (Fsp3) is 0.263. The van der Waals surface area contributed by atoms with Gasteiger partial charge in [0.15, 0.2) is 12.2 Å².